The summed E-state index contributed by atoms with van der Waals surface area (Å²) in [6.45, 7) is 4.18. The van der Waals surface area contributed by atoms with Crippen LogP contribution in [0, 0.1) is 0 Å². The molecule has 0 bridgehead atoms. The van der Waals surface area contributed by atoms with E-state index in [2.05, 4.69) is 6.92 Å². The van der Waals surface area contributed by atoms with E-state index in [9.17, 15) is 4.79 Å². The van der Waals surface area contributed by atoms with Gasteiger partial charge in [-0.25, -0.2) is 0 Å². The SMILES string of the molecule is CCCCCCCCCCSC(CC)C(=O)O. The first-order valence-corrected chi connectivity index (χ1v) is 8.11. The Hall–Kier alpha value is -0.180. The van der Waals surface area contributed by atoms with Crippen LogP contribution in [0.1, 0.15) is 71.6 Å². The normalized spacial score (nSPS) is 12.6. The van der Waals surface area contributed by atoms with Crippen LogP contribution in [0.3, 0.4) is 0 Å². The third-order valence-corrected chi connectivity index (χ3v) is 4.42. The van der Waals surface area contributed by atoms with Gasteiger partial charge in [0.1, 0.15) is 5.25 Å². The molecule has 0 aliphatic rings. The van der Waals surface area contributed by atoms with Crippen molar-refractivity contribution in [2.24, 2.45) is 0 Å². The first kappa shape index (κ1) is 16.8. The molecule has 0 rings (SSSR count). The Kier molecular flexibility index (Phi) is 12.2. The van der Waals surface area contributed by atoms with Crippen molar-refractivity contribution in [1.82, 2.24) is 0 Å². The zero-order chi connectivity index (χ0) is 12.9. The molecule has 0 aromatic heterocycles. The van der Waals surface area contributed by atoms with Crippen molar-refractivity contribution in [3.63, 3.8) is 0 Å². The average Bonchev–Trinajstić information content (AvgIpc) is 2.31. The number of carbonyl (C=O) groups is 1. The van der Waals surface area contributed by atoms with Gasteiger partial charge in [-0.15, -0.1) is 11.8 Å². The Morgan fingerprint density at radius 3 is 2.00 bits per heavy atom. The predicted octanol–water partition coefficient (Wildman–Crippen LogP) is 4.72. The maximum Gasteiger partial charge on any atom is 0.316 e. The molecule has 0 aliphatic heterocycles. The third-order valence-electron chi connectivity index (χ3n) is 2.96. The van der Waals surface area contributed by atoms with E-state index in [0.717, 1.165) is 12.2 Å². The van der Waals surface area contributed by atoms with Gasteiger partial charge >= 0.3 is 5.97 Å². The van der Waals surface area contributed by atoms with Crippen molar-refractivity contribution in [3.8, 4) is 0 Å². The van der Waals surface area contributed by atoms with Crippen molar-refractivity contribution in [3.05, 3.63) is 0 Å². The third kappa shape index (κ3) is 10.7. The summed E-state index contributed by atoms with van der Waals surface area (Å²) in [6, 6.07) is 0. The maximum atomic E-state index is 10.8. The Morgan fingerprint density at radius 1 is 1.00 bits per heavy atom. The number of aliphatic carboxylic acids is 1. The van der Waals surface area contributed by atoms with Gasteiger partial charge in [-0.3, -0.25) is 4.79 Å². The molecule has 17 heavy (non-hydrogen) atoms. The van der Waals surface area contributed by atoms with Gasteiger partial charge in [0.15, 0.2) is 0 Å². The summed E-state index contributed by atoms with van der Waals surface area (Å²) in [6.07, 6.45) is 11.2. The number of hydrogen-bond acceptors (Lipinski definition) is 2. The van der Waals surface area contributed by atoms with Crippen LogP contribution in [-0.2, 0) is 4.79 Å². The summed E-state index contributed by atoms with van der Waals surface area (Å²) < 4.78 is 0. The molecule has 0 fully saturated rings. The Balaban J connectivity index is 3.20. The summed E-state index contributed by atoms with van der Waals surface area (Å²) in [5, 5.41) is 8.68. The highest BCUT2D eigenvalue weighted by molar-refractivity contribution is 8.00. The monoisotopic (exact) mass is 260 g/mol. The molecule has 1 unspecified atom stereocenters. The van der Waals surface area contributed by atoms with Gasteiger partial charge in [0, 0.05) is 0 Å². The van der Waals surface area contributed by atoms with Crippen molar-refractivity contribution < 1.29 is 9.90 Å². The summed E-state index contributed by atoms with van der Waals surface area (Å²) in [5.74, 6) is 0.344. The van der Waals surface area contributed by atoms with Crippen LogP contribution in [0.4, 0.5) is 0 Å². The number of hydrogen-bond donors (Lipinski definition) is 1. The van der Waals surface area contributed by atoms with Crippen LogP contribution in [0.2, 0.25) is 0 Å². The standard InChI is InChI=1S/C14H28O2S/c1-3-5-6-7-8-9-10-11-12-17-13(4-2)14(15)16/h13H,3-12H2,1-2H3,(H,15,16). The smallest absolute Gasteiger partial charge is 0.316 e. The number of unbranched alkanes of at least 4 members (excludes halogenated alkanes) is 7. The fraction of sp³-hybridized carbons (Fsp3) is 0.929. The van der Waals surface area contributed by atoms with E-state index in [1.54, 1.807) is 11.8 Å². The minimum atomic E-state index is -0.655. The van der Waals surface area contributed by atoms with Gasteiger partial charge in [-0.1, -0.05) is 58.8 Å². The van der Waals surface area contributed by atoms with E-state index in [4.69, 9.17) is 5.11 Å². The second kappa shape index (κ2) is 12.3. The summed E-state index contributed by atoms with van der Waals surface area (Å²) in [5.41, 5.74) is 0. The lowest BCUT2D eigenvalue weighted by molar-refractivity contribution is -0.136. The van der Waals surface area contributed by atoms with E-state index in [1.165, 1.54) is 51.4 Å². The molecule has 102 valence electrons. The Labute approximate surface area is 111 Å². The fourth-order valence-corrected chi connectivity index (χ4v) is 2.86. The first-order valence-electron chi connectivity index (χ1n) is 7.06. The van der Waals surface area contributed by atoms with Gasteiger partial charge in [0.05, 0.1) is 0 Å². The average molecular weight is 260 g/mol. The molecule has 0 saturated heterocycles. The second-order valence-corrected chi connectivity index (χ2v) is 5.89. The largest absolute Gasteiger partial charge is 0.480 e. The van der Waals surface area contributed by atoms with Gasteiger partial charge in [-0.2, -0.15) is 0 Å². The molecule has 1 N–H and O–H groups in total. The molecule has 0 aromatic carbocycles. The van der Waals surface area contributed by atoms with Crippen LogP contribution < -0.4 is 0 Å². The van der Waals surface area contributed by atoms with Crippen LogP contribution in [0.15, 0.2) is 0 Å². The topological polar surface area (TPSA) is 37.3 Å². The summed E-state index contributed by atoms with van der Waals surface area (Å²) >= 11 is 1.60. The predicted molar refractivity (Wildman–Crippen MR) is 76.8 cm³/mol. The lowest BCUT2D eigenvalue weighted by Crippen LogP contribution is -2.15. The molecule has 0 spiro atoms. The minimum absolute atomic E-state index is 0.195. The molecular weight excluding hydrogens is 232 g/mol. The van der Waals surface area contributed by atoms with Gasteiger partial charge < -0.3 is 5.11 Å². The van der Waals surface area contributed by atoms with Crippen molar-refractivity contribution in [1.29, 1.82) is 0 Å². The van der Waals surface area contributed by atoms with E-state index in [-0.39, 0.29) is 5.25 Å². The molecule has 0 heterocycles. The zero-order valence-electron chi connectivity index (χ0n) is 11.4. The zero-order valence-corrected chi connectivity index (χ0v) is 12.2. The van der Waals surface area contributed by atoms with Gasteiger partial charge in [-0.05, 0) is 18.6 Å². The first-order chi connectivity index (χ1) is 8.22. The maximum absolute atomic E-state index is 10.8. The van der Waals surface area contributed by atoms with E-state index in [0.29, 0.717) is 0 Å². The van der Waals surface area contributed by atoms with Crippen LogP contribution in [0.25, 0.3) is 0 Å². The molecular formula is C14H28O2S. The quantitative estimate of drug-likeness (QED) is 0.516. The van der Waals surface area contributed by atoms with E-state index in [1.807, 2.05) is 6.92 Å². The fourth-order valence-electron chi connectivity index (χ4n) is 1.83. The van der Waals surface area contributed by atoms with Crippen molar-refractivity contribution in [2.45, 2.75) is 76.9 Å². The molecule has 0 amide bonds. The number of thioether (sulfide) groups is 1. The molecule has 0 aliphatic carbocycles. The van der Waals surface area contributed by atoms with Crippen LogP contribution in [0.5, 0.6) is 0 Å². The lowest BCUT2D eigenvalue weighted by atomic mass is 10.1. The lowest BCUT2D eigenvalue weighted by Gasteiger charge is -2.08. The van der Waals surface area contributed by atoms with Crippen molar-refractivity contribution in [2.75, 3.05) is 5.75 Å². The van der Waals surface area contributed by atoms with Gasteiger partial charge in [0.2, 0.25) is 0 Å². The molecule has 0 aromatic rings. The highest BCUT2D eigenvalue weighted by Gasteiger charge is 2.14. The Morgan fingerprint density at radius 2 is 1.53 bits per heavy atom. The molecule has 0 saturated carbocycles. The van der Waals surface area contributed by atoms with Crippen molar-refractivity contribution >= 4 is 17.7 Å². The van der Waals surface area contributed by atoms with Crippen LogP contribution in [-0.4, -0.2) is 22.1 Å². The highest BCUT2D eigenvalue weighted by Crippen LogP contribution is 2.17. The minimum Gasteiger partial charge on any atom is -0.480 e. The number of carboxylic acids is 1. The second-order valence-electron chi connectivity index (χ2n) is 4.58. The van der Waals surface area contributed by atoms with Crippen LogP contribution >= 0.6 is 11.8 Å². The summed E-state index contributed by atoms with van der Waals surface area (Å²) in [7, 11) is 0. The molecule has 3 heteroatoms. The molecule has 1 atom stereocenters. The van der Waals surface area contributed by atoms with E-state index >= 15 is 0 Å². The number of carboxylic acid groups (broad SMARTS) is 1. The number of rotatable bonds is 12. The molecule has 0 radical (unpaired) electrons. The molecule has 2 nitrogen and oxygen atoms in total. The Bertz CT molecular complexity index is 183. The van der Waals surface area contributed by atoms with Gasteiger partial charge in [0.25, 0.3) is 0 Å². The summed E-state index contributed by atoms with van der Waals surface area (Å²) in [4.78, 5) is 10.8. The highest BCUT2D eigenvalue weighted by atomic mass is 32.2. The van der Waals surface area contributed by atoms with E-state index < -0.39 is 5.97 Å².